The molecule has 1 aliphatic rings. The van der Waals surface area contributed by atoms with Crippen molar-refractivity contribution in [2.24, 2.45) is 4.99 Å². The number of alkyl halides is 3. The van der Waals surface area contributed by atoms with Crippen molar-refractivity contribution in [1.29, 1.82) is 0 Å². The van der Waals surface area contributed by atoms with Crippen molar-refractivity contribution in [2.45, 2.75) is 45.4 Å². The molecule has 1 N–H and O–H groups in total. The minimum Gasteiger partial charge on any atom is -0.406 e. The standard InChI is InChI=1S/C32H30F4N6O3S/c1-4-20(16-37-30(44)39-31-42(28(43)17-46-31)27-14-9-23(33)15-26(27)19(2)3)21-5-7-22(8-6-21)29-38-18-41(40-29)24-10-12-25(13-11-24)45-32(34,35)36/h5-15,18-20H,4,16-17H2,1-3H3,(H,37,44)/b39-31+. The zero-order valence-corrected chi connectivity index (χ0v) is 25.9. The summed E-state index contributed by atoms with van der Waals surface area (Å²) in [6, 6.07) is 16.5. The third kappa shape index (κ3) is 7.73. The van der Waals surface area contributed by atoms with Crippen LogP contribution in [0.3, 0.4) is 0 Å². The van der Waals surface area contributed by atoms with Crippen LogP contribution in [0.15, 0.2) is 78.0 Å². The van der Waals surface area contributed by atoms with Gasteiger partial charge in [-0.1, -0.05) is 56.8 Å². The maximum Gasteiger partial charge on any atom is 0.573 e. The molecule has 1 atom stereocenters. The molecule has 0 spiro atoms. The van der Waals surface area contributed by atoms with E-state index in [-0.39, 0.29) is 34.4 Å². The number of aromatic nitrogens is 3. The number of nitrogens with zero attached hydrogens (tertiary/aromatic N) is 5. The second-order valence-corrected chi connectivity index (χ2v) is 11.7. The number of amidine groups is 1. The van der Waals surface area contributed by atoms with E-state index in [1.807, 2.05) is 45.0 Å². The van der Waals surface area contributed by atoms with E-state index in [2.05, 4.69) is 25.1 Å². The molecule has 2 heterocycles. The van der Waals surface area contributed by atoms with Gasteiger partial charge < -0.3 is 10.1 Å². The fourth-order valence-corrected chi connectivity index (χ4v) is 5.79. The van der Waals surface area contributed by atoms with Crippen LogP contribution in [0.25, 0.3) is 17.1 Å². The van der Waals surface area contributed by atoms with E-state index in [9.17, 15) is 27.2 Å². The highest BCUT2D eigenvalue weighted by atomic mass is 32.2. The number of halogens is 4. The zero-order chi connectivity index (χ0) is 33.0. The molecule has 0 saturated carbocycles. The van der Waals surface area contributed by atoms with Crippen molar-refractivity contribution in [1.82, 2.24) is 20.1 Å². The number of carbonyl (C=O) groups is 2. The summed E-state index contributed by atoms with van der Waals surface area (Å²) >= 11 is 1.16. The summed E-state index contributed by atoms with van der Waals surface area (Å²) in [6.07, 6.45) is -2.58. The van der Waals surface area contributed by atoms with Crippen LogP contribution in [0.4, 0.5) is 28.0 Å². The first-order valence-corrected chi connectivity index (χ1v) is 15.4. The smallest absolute Gasteiger partial charge is 0.406 e. The Morgan fingerprint density at radius 2 is 1.80 bits per heavy atom. The Bertz CT molecular complexity index is 1740. The molecule has 3 aromatic carbocycles. The van der Waals surface area contributed by atoms with E-state index < -0.39 is 18.2 Å². The number of rotatable bonds is 9. The van der Waals surface area contributed by atoms with Gasteiger partial charge in [0.1, 0.15) is 17.9 Å². The molecule has 0 aliphatic carbocycles. The van der Waals surface area contributed by atoms with Crippen LogP contribution in [0.2, 0.25) is 0 Å². The van der Waals surface area contributed by atoms with Crippen LogP contribution in [-0.2, 0) is 4.79 Å². The lowest BCUT2D eigenvalue weighted by molar-refractivity contribution is -0.274. The average Bonchev–Trinajstić information content (AvgIpc) is 3.64. The summed E-state index contributed by atoms with van der Waals surface area (Å²) < 4.78 is 56.6. The number of hydrogen-bond acceptors (Lipinski definition) is 6. The fourth-order valence-electron chi connectivity index (χ4n) is 4.93. The quantitative estimate of drug-likeness (QED) is 0.188. The molecule has 5 rings (SSSR count). The Morgan fingerprint density at radius 3 is 2.46 bits per heavy atom. The second-order valence-electron chi connectivity index (χ2n) is 10.7. The molecule has 1 saturated heterocycles. The van der Waals surface area contributed by atoms with E-state index in [1.54, 1.807) is 0 Å². The number of hydrogen-bond donors (Lipinski definition) is 1. The van der Waals surface area contributed by atoms with Crippen LogP contribution in [0.1, 0.15) is 50.2 Å². The summed E-state index contributed by atoms with van der Waals surface area (Å²) in [5.74, 6) is -0.495. The number of ether oxygens (including phenoxy) is 1. The maximum atomic E-state index is 13.9. The Hall–Kier alpha value is -4.72. The number of benzene rings is 3. The minimum atomic E-state index is -4.77. The van der Waals surface area contributed by atoms with Gasteiger partial charge in [0.15, 0.2) is 11.0 Å². The Labute approximate surface area is 266 Å². The van der Waals surface area contributed by atoms with Crippen LogP contribution in [0, 0.1) is 5.82 Å². The molecule has 9 nitrogen and oxygen atoms in total. The largest absolute Gasteiger partial charge is 0.573 e. The highest BCUT2D eigenvalue weighted by Gasteiger charge is 2.33. The van der Waals surface area contributed by atoms with Gasteiger partial charge in [-0.05, 0) is 65.9 Å². The summed E-state index contributed by atoms with van der Waals surface area (Å²) in [6.45, 7) is 6.11. The number of nitrogens with one attached hydrogen (secondary N) is 1. The monoisotopic (exact) mass is 654 g/mol. The van der Waals surface area contributed by atoms with Gasteiger partial charge >= 0.3 is 12.4 Å². The van der Waals surface area contributed by atoms with Gasteiger partial charge in [0.2, 0.25) is 5.91 Å². The highest BCUT2D eigenvalue weighted by molar-refractivity contribution is 8.15. The molecule has 1 aromatic heterocycles. The number of carbonyl (C=O) groups excluding carboxylic acids is 2. The lowest BCUT2D eigenvalue weighted by Crippen LogP contribution is -2.33. The predicted molar refractivity (Wildman–Crippen MR) is 168 cm³/mol. The molecular formula is C32H30F4N6O3S. The average molecular weight is 655 g/mol. The van der Waals surface area contributed by atoms with Crippen LogP contribution in [-0.4, -0.2) is 50.5 Å². The third-order valence-corrected chi connectivity index (χ3v) is 8.20. The van der Waals surface area contributed by atoms with Crippen molar-refractivity contribution >= 4 is 34.6 Å². The van der Waals surface area contributed by atoms with E-state index in [0.29, 0.717) is 29.3 Å². The molecule has 1 aliphatic heterocycles. The van der Waals surface area contributed by atoms with Crippen molar-refractivity contribution in [2.75, 3.05) is 17.2 Å². The lowest BCUT2D eigenvalue weighted by Gasteiger charge is -2.21. The van der Waals surface area contributed by atoms with Gasteiger partial charge in [0, 0.05) is 18.0 Å². The Balaban J connectivity index is 1.23. The summed E-state index contributed by atoms with van der Waals surface area (Å²) in [5.41, 5.74) is 3.37. The van der Waals surface area contributed by atoms with Crippen LogP contribution in [0.5, 0.6) is 5.75 Å². The Kier molecular flexibility index (Phi) is 9.75. The van der Waals surface area contributed by atoms with E-state index in [1.165, 1.54) is 58.4 Å². The lowest BCUT2D eigenvalue weighted by atomic mass is 9.95. The first kappa shape index (κ1) is 32.7. The maximum absolute atomic E-state index is 13.9. The molecule has 14 heteroatoms. The highest BCUT2D eigenvalue weighted by Crippen LogP contribution is 2.34. The molecule has 1 unspecified atom stereocenters. The van der Waals surface area contributed by atoms with Gasteiger partial charge in [-0.25, -0.2) is 18.9 Å². The minimum absolute atomic E-state index is 0.0280. The number of aliphatic imine (C=N–C) groups is 1. The van der Waals surface area contributed by atoms with Gasteiger partial charge in [0.05, 0.1) is 17.1 Å². The van der Waals surface area contributed by atoms with Gasteiger partial charge in [-0.2, -0.15) is 4.99 Å². The SMILES string of the molecule is CCC(CNC(=O)/N=C1/SCC(=O)N1c1ccc(F)cc1C(C)C)c1ccc(-c2ncn(-c3ccc(OC(F)(F)F)cc3)n2)cc1. The van der Waals surface area contributed by atoms with Crippen LogP contribution >= 0.6 is 11.8 Å². The first-order valence-electron chi connectivity index (χ1n) is 14.4. The van der Waals surface area contributed by atoms with Crippen molar-refractivity contribution < 1.29 is 31.9 Å². The van der Waals surface area contributed by atoms with Crippen LogP contribution < -0.4 is 15.0 Å². The molecule has 46 heavy (non-hydrogen) atoms. The Morgan fingerprint density at radius 1 is 1.09 bits per heavy atom. The summed E-state index contributed by atoms with van der Waals surface area (Å²) in [5, 5.41) is 7.51. The van der Waals surface area contributed by atoms with E-state index >= 15 is 0 Å². The van der Waals surface area contributed by atoms with Gasteiger partial charge in [-0.15, -0.1) is 18.3 Å². The van der Waals surface area contributed by atoms with E-state index in [0.717, 1.165) is 29.3 Å². The normalized spacial score (nSPS) is 15.1. The topological polar surface area (TPSA) is 102 Å². The molecule has 3 amide bonds. The molecule has 1 fully saturated rings. The molecular weight excluding hydrogens is 624 g/mol. The van der Waals surface area contributed by atoms with Crippen molar-refractivity contribution in [3.63, 3.8) is 0 Å². The zero-order valence-electron chi connectivity index (χ0n) is 25.1. The van der Waals surface area contributed by atoms with E-state index in [4.69, 9.17) is 0 Å². The summed E-state index contributed by atoms with van der Waals surface area (Å²) in [7, 11) is 0. The molecule has 0 bridgehead atoms. The predicted octanol–water partition coefficient (Wildman–Crippen LogP) is 7.43. The number of amides is 3. The number of urea groups is 1. The van der Waals surface area contributed by atoms with Gasteiger partial charge in [0.25, 0.3) is 0 Å². The number of anilines is 1. The summed E-state index contributed by atoms with van der Waals surface area (Å²) in [4.78, 5) is 35.5. The fraction of sp³-hybridized carbons (Fsp3) is 0.281. The molecule has 4 aromatic rings. The van der Waals surface area contributed by atoms with Gasteiger partial charge in [-0.3, -0.25) is 9.69 Å². The first-order chi connectivity index (χ1) is 21.9. The van der Waals surface area contributed by atoms with Crippen molar-refractivity contribution in [3.05, 3.63) is 90.0 Å². The third-order valence-electron chi connectivity index (χ3n) is 7.27. The van der Waals surface area contributed by atoms with Crippen molar-refractivity contribution in [3.8, 4) is 22.8 Å². The molecule has 0 radical (unpaired) electrons. The number of thioether (sulfide) groups is 1. The second kappa shape index (κ2) is 13.7. The molecule has 240 valence electrons.